The topological polar surface area (TPSA) is 26.7 Å². The van der Waals surface area contributed by atoms with E-state index in [1.165, 1.54) is 24.8 Å². The minimum absolute atomic E-state index is 0.235. The third-order valence-electron chi connectivity index (χ3n) is 5.40. The Balaban J connectivity index is 1.85. The lowest BCUT2D eigenvalue weighted by atomic mass is 9.76. The highest BCUT2D eigenvalue weighted by Crippen LogP contribution is 2.39. The summed E-state index contributed by atoms with van der Waals surface area (Å²) in [6, 6.07) is 11.2. The first-order valence-electron chi connectivity index (χ1n) is 7.79. The summed E-state index contributed by atoms with van der Waals surface area (Å²) in [6.45, 7) is 1.90. The van der Waals surface area contributed by atoms with Gasteiger partial charge in [0.05, 0.1) is 11.6 Å². The van der Waals surface area contributed by atoms with Crippen molar-refractivity contribution in [2.75, 3.05) is 27.2 Å². The van der Waals surface area contributed by atoms with Crippen molar-refractivity contribution in [3.63, 3.8) is 0 Å². The lowest BCUT2D eigenvalue weighted by Gasteiger charge is -2.52. The second-order valence-electron chi connectivity index (χ2n) is 6.53. The van der Waals surface area contributed by atoms with E-state index in [2.05, 4.69) is 48.2 Å². The summed E-state index contributed by atoms with van der Waals surface area (Å²) in [5, 5.41) is 10.9. The zero-order valence-corrected chi connectivity index (χ0v) is 12.6. The Kier molecular flexibility index (Phi) is 3.85. The van der Waals surface area contributed by atoms with Crippen molar-refractivity contribution in [2.45, 2.75) is 43.4 Å². The molecule has 3 rings (SSSR count). The van der Waals surface area contributed by atoms with Gasteiger partial charge in [0.2, 0.25) is 0 Å². The molecule has 1 aliphatic carbocycles. The number of piperidine rings is 1. The molecule has 1 aliphatic heterocycles. The smallest absolute Gasteiger partial charge is 0.0892 e. The van der Waals surface area contributed by atoms with E-state index in [1.807, 2.05) is 6.07 Å². The number of rotatable bonds is 3. The molecule has 1 N–H and O–H groups in total. The summed E-state index contributed by atoms with van der Waals surface area (Å²) in [5.41, 5.74) is 1.01. The molecule has 0 unspecified atom stereocenters. The van der Waals surface area contributed by atoms with E-state index in [4.69, 9.17) is 0 Å². The summed E-state index contributed by atoms with van der Waals surface area (Å²) in [6.07, 6.45) is 4.66. The normalized spacial score (nSPS) is 32.3. The van der Waals surface area contributed by atoms with Crippen LogP contribution in [0.5, 0.6) is 0 Å². The quantitative estimate of drug-likeness (QED) is 0.914. The predicted octanol–water partition coefficient (Wildman–Crippen LogP) is 2.06. The summed E-state index contributed by atoms with van der Waals surface area (Å²) in [7, 11) is 4.18. The molecule has 3 heteroatoms. The molecule has 20 heavy (non-hydrogen) atoms. The molecular weight excluding hydrogens is 248 g/mol. The summed E-state index contributed by atoms with van der Waals surface area (Å²) >= 11 is 0. The first-order valence-corrected chi connectivity index (χ1v) is 7.79. The highest BCUT2D eigenvalue weighted by atomic mass is 16.3. The van der Waals surface area contributed by atoms with Crippen LogP contribution >= 0.6 is 0 Å². The molecule has 0 bridgehead atoms. The average molecular weight is 274 g/mol. The van der Waals surface area contributed by atoms with Crippen LogP contribution < -0.4 is 0 Å². The Morgan fingerprint density at radius 3 is 2.40 bits per heavy atom. The van der Waals surface area contributed by atoms with Crippen molar-refractivity contribution >= 4 is 0 Å². The Bertz CT molecular complexity index is 444. The minimum atomic E-state index is -0.325. The van der Waals surface area contributed by atoms with Crippen molar-refractivity contribution < 1.29 is 5.11 Å². The Morgan fingerprint density at radius 2 is 1.90 bits per heavy atom. The van der Waals surface area contributed by atoms with Crippen LogP contribution in [0.15, 0.2) is 30.3 Å². The number of likely N-dealkylation sites (N-methyl/N-ethyl adjacent to an activating group) is 1. The number of β-amino-alcohol motifs (C(OH)–C–C–N with tert-alkyl or cyclic N) is 1. The fourth-order valence-electron chi connectivity index (χ4n) is 3.87. The van der Waals surface area contributed by atoms with Crippen LogP contribution in [0.3, 0.4) is 0 Å². The molecule has 2 fully saturated rings. The fraction of sp³-hybridized carbons (Fsp3) is 0.647. The molecule has 1 heterocycles. The minimum Gasteiger partial charge on any atom is -0.389 e. The van der Waals surface area contributed by atoms with Crippen molar-refractivity contribution in [1.29, 1.82) is 0 Å². The third kappa shape index (κ3) is 2.18. The number of benzene rings is 1. The standard InChI is InChI=1S/C17H26N2O/c1-18(2)17(14-7-4-3-5-8-14)11-12-19(13-16(17)20)15-9-6-10-15/h3-5,7-8,15-16,20H,6,9-13H2,1-2H3/t16-,17+/m1/s1. The largest absolute Gasteiger partial charge is 0.389 e. The van der Waals surface area contributed by atoms with Crippen LogP contribution in [-0.4, -0.2) is 54.2 Å². The van der Waals surface area contributed by atoms with Gasteiger partial charge < -0.3 is 5.11 Å². The number of hydrogen-bond donors (Lipinski definition) is 1. The van der Waals surface area contributed by atoms with Crippen LogP contribution in [0.4, 0.5) is 0 Å². The SMILES string of the molecule is CN(C)[C@]1(c2ccccc2)CCN(C2CCC2)C[C@H]1O. The maximum atomic E-state index is 10.9. The van der Waals surface area contributed by atoms with Crippen LogP contribution in [-0.2, 0) is 5.54 Å². The van der Waals surface area contributed by atoms with E-state index in [9.17, 15) is 5.11 Å². The molecule has 2 atom stereocenters. The summed E-state index contributed by atoms with van der Waals surface area (Å²) in [5.74, 6) is 0. The Hall–Kier alpha value is -0.900. The molecule has 1 saturated heterocycles. The van der Waals surface area contributed by atoms with Crippen molar-refractivity contribution in [1.82, 2.24) is 9.80 Å². The Labute approximate surface area is 122 Å². The van der Waals surface area contributed by atoms with Gasteiger partial charge in [-0.1, -0.05) is 36.8 Å². The molecule has 1 aromatic carbocycles. The number of likely N-dealkylation sites (tertiary alicyclic amines) is 1. The van der Waals surface area contributed by atoms with E-state index in [0.717, 1.165) is 25.6 Å². The number of hydrogen-bond acceptors (Lipinski definition) is 3. The van der Waals surface area contributed by atoms with Gasteiger partial charge >= 0.3 is 0 Å². The number of aliphatic hydroxyl groups excluding tert-OH is 1. The molecule has 0 aromatic heterocycles. The molecule has 1 aromatic rings. The molecule has 0 spiro atoms. The second kappa shape index (κ2) is 5.47. The van der Waals surface area contributed by atoms with E-state index in [0.29, 0.717) is 0 Å². The van der Waals surface area contributed by atoms with Gasteiger partial charge in [-0.3, -0.25) is 9.80 Å². The molecule has 1 saturated carbocycles. The van der Waals surface area contributed by atoms with Gasteiger partial charge in [-0.15, -0.1) is 0 Å². The highest BCUT2D eigenvalue weighted by Gasteiger charge is 2.46. The zero-order valence-electron chi connectivity index (χ0n) is 12.6. The lowest BCUT2D eigenvalue weighted by molar-refractivity contribution is -0.0851. The van der Waals surface area contributed by atoms with Gasteiger partial charge in [-0.2, -0.15) is 0 Å². The first kappa shape index (κ1) is 14.1. The predicted molar refractivity (Wildman–Crippen MR) is 81.6 cm³/mol. The van der Waals surface area contributed by atoms with E-state index in [1.54, 1.807) is 0 Å². The van der Waals surface area contributed by atoms with Crippen LogP contribution in [0, 0.1) is 0 Å². The summed E-state index contributed by atoms with van der Waals surface area (Å²) < 4.78 is 0. The fourth-order valence-corrected chi connectivity index (χ4v) is 3.87. The monoisotopic (exact) mass is 274 g/mol. The lowest BCUT2D eigenvalue weighted by Crippen LogP contribution is -2.62. The first-order chi connectivity index (χ1) is 9.64. The molecule has 110 valence electrons. The van der Waals surface area contributed by atoms with Gasteiger partial charge in [0.1, 0.15) is 0 Å². The highest BCUT2D eigenvalue weighted by molar-refractivity contribution is 5.27. The van der Waals surface area contributed by atoms with E-state index >= 15 is 0 Å². The van der Waals surface area contributed by atoms with E-state index < -0.39 is 0 Å². The van der Waals surface area contributed by atoms with Gasteiger partial charge in [0.25, 0.3) is 0 Å². The molecular formula is C17H26N2O. The number of aliphatic hydroxyl groups is 1. The maximum Gasteiger partial charge on any atom is 0.0892 e. The van der Waals surface area contributed by atoms with Crippen LogP contribution in [0.2, 0.25) is 0 Å². The van der Waals surface area contributed by atoms with E-state index in [-0.39, 0.29) is 11.6 Å². The van der Waals surface area contributed by atoms with Crippen molar-refractivity contribution in [3.8, 4) is 0 Å². The second-order valence-corrected chi connectivity index (χ2v) is 6.53. The zero-order chi connectivity index (χ0) is 14.2. The van der Waals surface area contributed by atoms with Gasteiger partial charge in [0.15, 0.2) is 0 Å². The van der Waals surface area contributed by atoms with Gasteiger partial charge in [-0.05, 0) is 38.9 Å². The third-order valence-corrected chi connectivity index (χ3v) is 5.40. The van der Waals surface area contributed by atoms with Crippen molar-refractivity contribution in [3.05, 3.63) is 35.9 Å². The molecule has 3 nitrogen and oxygen atoms in total. The maximum absolute atomic E-state index is 10.9. The summed E-state index contributed by atoms with van der Waals surface area (Å²) in [4.78, 5) is 4.71. The van der Waals surface area contributed by atoms with Crippen LogP contribution in [0.1, 0.15) is 31.2 Å². The average Bonchev–Trinajstić information content (AvgIpc) is 2.38. The van der Waals surface area contributed by atoms with Gasteiger partial charge in [0, 0.05) is 19.1 Å². The van der Waals surface area contributed by atoms with Crippen molar-refractivity contribution in [2.24, 2.45) is 0 Å². The Morgan fingerprint density at radius 1 is 1.20 bits per heavy atom. The molecule has 2 aliphatic rings. The van der Waals surface area contributed by atoms with Crippen LogP contribution in [0.25, 0.3) is 0 Å². The molecule has 0 amide bonds. The number of nitrogens with zero attached hydrogens (tertiary/aromatic N) is 2. The molecule has 0 radical (unpaired) electrons. The van der Waals surface area contributed by atoms with Gasteiger partial charge in [-0.25, -0.2) is 0 Å².